The zero-order valence-corrected chi connectivity index (χ0v) is 23.0. The van der Waals surface area contributed by atoms with Crippen LogP contribution >= 0.6 is 0 Å². The second-order valence-electron chi connectivity index (χ2n) is 11.8. The fourth-order valence-electron chi connectivity index (χ4n) is 6.13. The number of nitrogens with zero attached hydrogens (tertiary/aromatic N) is 1. The van der Waals surface area contributed by atoms with Crippen LogP contribution in [0.4, 0.5) is 0 Å². The third kappa shape index (κ3) is 3.25. The lowest BCUT2D eigenvalue weighted by Gasteiger charge is -2.32. The molecule has 1 aliphatic rings. The fourth-order valence-corrected chi connectivity index (χ4v) is 6.13. The summed E-state index contributed by atoms with van der Waals surface area (Å²) in [6.07, 6.45) is 0. The standard InChI is InChI=1S/C35H28BNO3/c1-34(2)35(3,4)40-36(39-34)28-20-19-24(21-11-5-6-12-22(21)28)32-27-18-17-25-23-13-8-10-16-30(23)38-33(25)31(27)26-14-7-9-15-29(26)37-32/h5-20H,1-4H3. The Kier molecular flexibility index (Phi) is 4.84. The summed E-state index contributed by atoms with van der Waals surface area (Å²) in [5, 5.41) is 7.71. The summed E-state index contributed by atoms with van der Waals surface area (Å²) in [4.78, 5) is 5.25. The molecule has 0 bridgehead atoms. The summed E-state index contributed by atoms with van der Waals surface area (Å²) in [6.45, 7) is 8.36. The Bertz CT molecular complexity index is 2130. The Balaban J connectivity index is 1.43. The zero-order chi connectivity index (χ0) is 27.2. The molecule has 1 fully saturated rings. The SMILES string of the molecule is CC1(C)OB(c2ccc(-c3nc4ccccc4c4c3ccc3c5ccccc5oc34)c3ccccc23)OC1(C)C. The van der Waals surface area contributed by atoms with Gasteiger partial charge in [-0.25, -0.2) is 4.98 Å². The molecule has 40 heavy (non-hydrogen) atoms. The molecule has 194 valence electrons. The number of rotatable bonds is 2. The summed E-state index contributed by atoms with van der Waals surface area (Å²) in [7, 11) is -0.444. The first-order valence-electron chi connectivity index (χ1n) is 13.8. The molecule has 1 aliphatic heterocycles. The first-order chi connectivity index (χ1) is 19.3. The van der Waals surface area contributed by atoms with Crippen LogP contribution < -0.4 is 5.46 Å². The van der Waals surface area contributed by atoms with Gasteiger partial charge in [0.25, 0.3) is 0 Å². The quantitative estimate of drug-likeness (QED) is 0.169. The highest BCUT2D eigenvalue weighted by molar-refractivity contribution is 6.65. The Hall–Kier alpha value is -4.19. The van der Waals surface area contributed by atoms with Gasteiger partial charge in [-0.2, -0.15) is 0 Å². The maximum absolute atomic E-state index is 6.52. The Labute approximate surface area is 232 Å². The van der Waals surface area contributed by atoms with Gasteiger partial charge in [-0.3, -0.25) is 0 Å². The van der Waals surface area contributed by atoms with Crippen molar-refractivity contribution in [1.29, 1.82) is 0 Å². The predicted octanol–water partition coefficient (Wildman–Crippen LogP) is 8.41. The third-order valence-electron chi connectivity index (χ3n) is 8.93. The van der Waals surface area contributed by atoms with E-state index in [9.17, 15) is 0 Å². The van der Waals surface area contributed by atoms with E-state index in [0.29, 0.717) is 0 Å². The van der Waals surface area contributed by atoms with Crippen molar-refractivity contribution >= 4 is 67.0 Å². The van der Waals surface area contributed by atoms with E-state index >= 15 is 0 Å². The summed E-state index contributed by atoms with van der Waals surface area (Å²) in [5.41, 5.74) is 4.95. The van der Waals surface area contributed by atoms with Crippen molar-refractivity contribution < 1.29 is 13.7 Å². The number of pyridine rings is 1. The van der Waals surface area contributed by atoms with Gasteiger partial charge in [0.2, 0.25) is 0 Å². The van der Waals surface area contributed by atoms with Gasteiger partial charge >= 0.3 is 7.12 Å². The molecule has 8 rings (SSSR count). The van der Waals surface area contributed by atoms with Crippen molar-refractivity contribution in [1.82, 2.24) is 4.98 Å². The van der Waals surface area contributed by atoms with Crippen molar-refractivity contribution in [3.8, 4) is 11.3 Å². The van der Waals surface area contributed by atoms with Gasteiger partial charge in [0.1, 0.15) is 11.2 Å². The molecule has 0 amide bonds. The van der Waals surface area contributed by atoms with Crippen LogP contribution in [0.15, 0.2) is 101 Å². The summed E-state index contributed by atoms with van der Waals surface area (Å²) in [5.74, 6) is 0. The van der Waals surface area contributed by atoms with Crippen LogP contribution in [0.1, 0.15) is 27.7 Å². The second kappa shape index (κ2) is 8.17. The van der Waals surface area contributed by atoms with Crippen LogP contribution in [0.5, 0.6) is 0 Å². The van der Waals surface area contributed by atoms with Crippen molar-refractivity contribution in [3.05, 3.63) is 97.1 Å². The molecule has 5 heteroatoms. The van der Waals surface area contributed by atoms with Crippen LogP contribution in [0, 0.1) is 0 Å². The van der Waals surface area contributed by atoms with Crippen LogP contribution in [-0.4, -0.2) is 23.3 Å². The molecular weight excluding hydrogens is 493 g/mol. The Morgan fingerprint density at radius 1 is 0.575 bits per heavy atom. The average Bonchev–Trinajstić information content (AvgIpc) is 3.44. The van der Waals surface area contributed by atoms with E-state index in [2.05, 4.69) is 107 Å². The summed E-state index contributed by atoms with van der Waals surface area (Å²) >= 11 is 0. The number of para-hydroxylation sites is 2. The highest BCUT2D eigenvalue weighted by Crippen LogP contribution is 2.42. The van der Waals surface area contributed by atoms with Gasteiger partial charge in [-0.15, -0.1) is 0 Å². The highest BCUT2D eigenvalue weighted by atomic mass is 16.7. The lowest BCUT2D eigenvalue weighted by atomic mass is 9.75. The number of furan rings is 1. The highest BCUT2D eigenvalue weighted by Gasteiger charge is 2.52. The van der Waals surface area contributed by atoms with Crippen molar-refractivity contribution in [2.45, 2.75) is 38.9 Å². The van der Waals surface area contributed by atoms with Gasteiger partial charge in [0.05, 0.1) is 22.4 Å². The zero-order valence-electron chi connectivity index (χ0n) is 23.0. The topological polar surface area (TPSA) is 44.5 Å². The molecule has 7 aromatic rings. The van der Waals surface area contributed by atoms with Gasteiger partial charge in [0.15, 0.2) is 0 Å². The molecule has 0 N–H and O–H groups in total. The van der Waals surface area contributed by atoms with Gasteiger partial charge in [-0.05, 0) is 62.1 Å². The van der Waals surface area contributed by atoms with E-state index in [1.807, 2.05) is 18.2 Å². The molecule has 0 aliphatic carbocycles. The molecular formula is C35H28BNO3. The van der Waals surface area contributed by atoms with Crippen LogP contribution in [-0.2, 0) is 9.31 Å². The first kappa shape index (κ1) is 23.7. The van der Waals surface area contributed by atoms with Crippen molar-refractivity contribution in [2.24, 2.45) is 0 Å². The normalized spacial score (nSPS) is 16.6. The van der Waals surface area contributed by atoms with E-state index < -0.39 is 18.3 Å². The number of hydrogen-bond donors (Lipinski definition) is 0. The molecule has 0 atom stereocenters. The van der Waals surface area contributed by atoms with Crippen LogP contribution in [0.3, 0.4) is 0 Å². The number of aromatic nitrogens is 1. The molecule has 0 saturated carbocycles. The summed E-state index contributed by atoms with van der Waals surface area (Å²) in [6, 6.07) is 33.7. The molecule has 2 aromatic heterocycles. The lowest BCUT2D eigenvalue weighted by Crippen LogP contribution is -2.41. The average molecular weight is 521 g/mol. The fraction of sp³-hybridized carbons (Fsp3) is 0.171. The third-order valence-corrected chi connectivity index (χ3v) is 8.93. The minimum Gasteiger partial charge on any atom is -0.455 e. The second-order valence-corrected chi connectivity index (χ2v) is 11.8. The van der Waals surface area contributed by atoms with Gasteiger partial charge in [-0.1, -0.05) is 78.9 Å². The van der Waals surface area contributed by atoms with E-state index in [0.717, 1.165) is 71.1 Å². The largest absolute Gasteiger partial charge is 0.495 e. The van der Waals surface area contributed by atoms with E-state index in [1.165, 1.54) is 0 Å². The maximum Gasteiger partial charge on any atom is 0.495 e. The van der Waals surface area contributed by atoms with Crippen molar-refractivity contribution in [2.75, 3.05) is 0 Å². The van der Waals surface area contributed by atoms with Gasteiger partial charge in [0, 0.05) is 32.5 Å². The van der Waals surface area contributed by atoms with Crippen molar-refractivity contribution in [3.63, 3.8) is 0 Å². The van der Waals surface area contributed by atoms with E-state index in [4.69, 9.17) is 18.7 Å². The molecule has 0 spiro atoms. The molecule has 0 radical (unpaired) electrons. The maximum atomic E-state index is 6.52. The minimum absolute atomic E-state index is 0.411. The smallest absolute Gasteiger partial charge is 0.455 e. The number of fused-ring (bicyclic) bond motifs is 8. The molecule has 5 aromatic carbocycles. The Morgan fingerprint density at radius 3 is 1.98 bits per heavy atom. The van der Waals surface area contributed by atoms with Crippen LogP contribution in [0.25, 0.3) is 65.6 Å². The minimum atomic E-state index is -0.444. The monoisotopic (exact) mass is 521 g/mol. The summed E-state index contributed by atoms with van der Waals surface area (Å²) < 4.78 is 19.4. The van der Waals surface area contributed by atoms with E-state index in [-0.39, 0.29) is 0 Å². The lowest BCUT2D eigenvalue weighted by molar-refractivity contribution is 0.00578. The molecule has 1 saturated heterocycles. The van der Waals surface area contributed by atoms with Crippen LogP contribution in [0.2, 0.25) is 0 Å². The predicted molar refractivity (Wildman–Crippen MR) is 165 cm³/mol. The van der Waals surface area contributed by atoms with Gasteiger partial charge < -0.3 is 13.7 Å². The molecule has 3 heterocycles. The number of hydrogen-bond acceptors (Lipinski definition) is 4. The van der Waals surface area contributed by atoms with E-state index in [1.54, 1.807) is 0 Å². The first-order valence-corrected chi connectivity index (χ1v) is 13.8. The molecule has 4 nitrogen and oxygen atoms in total. The Morgan fingerprint density at radius 2 is 1.20 bits per heavy atom. The number of benzene rings is 5. The molecule has 0 unspecified atom stereocenters.